The van der Waals surface area contributed by atoms with E-state index in [4.69, 9.17) is 9.47 Å². The normalized spacial score (nSPS) is 27.2. The molecule has 2 aliphatic rings. The molecule has 4 atom stereocenters. The van der Waals surface area contributed by atoms with Crippen LogP contribution in [0.2, 0.25) is 0 Å². The third-order valence-electron chi connectivity index (χ3n) is 4.22. The highest BCUT2D eigenvalue weighted by atomic mass is 16.6. The number of ketones is 1. The van der Waals surface area contributed by atoms with Crippen molar-refractivity contribution in [3.05, 3.63) is 65.2 Å². The number of carbonyl (C=O) groups is 1. The first-order valence-corrected chi connectivity index (χ1v) is 7.35. The molecule has 2 aromatic carbocycles. The van der Waals surface area contributed by atoms with Crippen molar-refractivity contribution in [2.75, 3.05) is 0 Å². The highest BCUT2D eigenvalue weighted by molar-refractivity contribution is 6.05. The minimum absolute atomic E-state index is 0.168. The maximum atomic E-state index is 12.4. The molecule has 4 nitrogen and oxygen atoms in total. The Balaban J connectivity index is 1.51. The van der Waals surface area contributed by atoms with Gasteiger partial charge in [0.05, 0.1) is 5.56 Å². The Morgan fingerprint density at radius 2 is 1.91 bits per heavy atom. The zero-order valence-corrected chi connectivity index (χ0v) is 12.1. The third kappa shape index (κ3) is 2.12. The van der Waals surface area contributed by atoms with Crippen LogP contribution >= 0.6 is 0 Å². The Morgan fingerprint density at radius 3 is 2.68 bits per heavy atom. The van der Waals surface area contributed by atoms with E-state index >= 15 is 0 Å². The molecular formula is C18H16O4. The maximum Gasteiger partial charge on any atom is 0.209 e. The fourth-order valence-corrected chi connectivity index (χ4v) is 2.97. The van der Waals surface area contributed by atoms with Gasteiger partial charge in [0.1, 0.15) is 24.1 Å². The Hall–Kier alpha value is -2.17. The summed E-state index contributed by atoms with van der Waals surface area (Å²) in [5, 5.41) is 10.5. The summed E-state index contributed by atoms with van der Waals surface area (Å²) >= 11 is 0. The van der Waals surface area contributed by atoms with Gasteiger partial charge in [0.25, 0.3) is 0 Å². The molecule has 0 amide bonds. The van der Waals surface area contributed by atoms with E-state index in [1.165, 1.54) is 0 Å². The zero-order valence-electron chi connectivity index (χ0n) is 12.1. The summed E-state index contributed by atoms with van der Waals surface area (Å²) in [7, 11) is 0. The van der Waals surface area contributed by atoms with Crippen molar-refractivity contribution in [2.24, 2.45) is 0 Å². The first-order valence-electron chi connectivity index (χ1n) is 7.35. The predicted molar refractivity (Wildman–Crippen MR) is 80.0 cm³/mol. The minimum Gasteiger partial charge on any atom is -0.479 e. The Bertz CT molecular complexity index is 725. The summed E-state index contributed by atoms with van der Waals surface area (Å²) < 4.78 is 11.2. The highest BCUT2D eigenvalue weighted by Gasteiger charge is 2.52. The van der Waals surface area contributed by atoms with Crippen LogP contribution in [0.15, 0.2) is 48.5 Å². The van der Waals surface area contributed by atoms with Crippen molar-refractivity contribution in [1.29, 1.82) is 0 Å². The van der Waals surface area contributed by atoms with Gasteiger partial charge >= 0.3 is 0 Å². The minimum atomic E-state index is -0.967. The fourth-order valence-electron chi connectivity index (χ4n) is 2.97. The highest BCUT2D eigenvalue weighted by Crippen LogP contribution is 2.43. The van der Waals surface area contributed by atoms with E-state index in [1.54, 1.807) is 6.07 Å². The molecule has 0 saturated carbocycles. The molecule has 1 saturated heterocycles. The van der Waals surface area contributed by atoms with Crippen LogP contribution in [0.25, 0.3) is 0 Å². The molecule has 2 aliphatic heterocycles. The largest absolute Gasteiger partial charge is 0.479 e. The zero-order chi connectivity index (χ0) is 15.3. The van der Waals surface area contributed by atoms with Gasteiger partial charge in [-0.2, -0.15) is 0 Å². The molecule has 0 aliphatic carbocycles. The third-order valence-corrected chi connectivity index (χ3v) is 4.22. The molecule has 1 fully saturated rings. The predicted octanol–water partition coefficient (Wildman–Crippen LogP) is 2.44. The molecule has 2 unspecified atom stereocenters. The summed E-state index contributed by atoms with van der Waals surface area (Å²) in [6.45, 7) is 1.94. The second-order valence-electron chi connectivity index (χ2n) is 5.82. The smallest absolute Gasteiger partial charge is 0.209 e. The molecule has 0 aromatic heterocycles. The van der Waals surface area contributed by atoms with Gasteiger partial charge < -0.3 is 14.6 Å². The second-order valence-corrected chi connectivity index (χ2v) is 5.82. The number of carbonyl (C=O) groups excluding carboxylic acids is 1. The Morgan fingerprint density at radius 1 is 1.14 bits per heavy atom. The van der Waals surface area contributed by atoms with Crippen LogP contribution in [0, 0.1) is 6.92 Å². The summed E-state index contributed by atoms with van der Waals surface area (Å²) in [6, 6.07) is 15.1. The molecule has 2 aromatic rings. The van der Waals surface area contributed by atoms with Gasteiger partial charge in [-0.15, -0.1) is 0 Å². The fraction of sp³-hybridized carbons (Fsp3) is 0.278. The molecule has 22 heavy (non-hydrogen) atoms. The number of aliphatic hydroxyl groups excluding tert-OH is 1. The Labute approximate surface area is 128 Å². The van der Waals surface area contributed by atoms with E-state index in [0.29, 0.717) is 11.3 Å². The second kappa shape index (κ2) is 4.93. The number of Topliss-reactive ketones (excluding diaryl/α,β-unsaturated/α-hetero) is 1. The van der Waals surface area contributed by atoms with Crippen molar-refractivity contribution < 1.29 is 19.4 Å². The molecule has 0 spiro atoms. The van der Waals surface area contributed by atoms with Crippen LogP contribution in [0.5, 0.6) is 5.75 Å². The van der Waals surface area contributed by atoms with Crippen LogP contribution in [-0.2, 0) is 4.74 Å². The van der Waals surface area contributed by atoms with E-state index in [9.17, 15) is 9.90 Å². The number of benzene rings is 2. The van der Waals surface area contributed by atoms with Crippen molar-refractivity contribution in [3.63, 3.8) is 0 Å². The van der Waals surface area contributed by atoms with Gasteiger partial charge in [-0.3, -0.25) is 4.79 Å². The first-order chi connectivity index (χ1) is 10.6. The number of epoxide rings is 1. The molecule has 4 heteroatoms. The number of rotatable bonds is 3. The van der Waals surface area contributed by atoms with Gasteiger partial charge in [-0.1, -0.05) is 36.4 Å². The monoisotopic (exact) mass is 296 g/mol. The van der Waals surface area contributed by atoms with Gasteiger partial charge in [-0.25, -0.2) is 0 Å². The van der Waals surface area contributed by atoms with Crippen molar-refractivity contribution >= 4 is 5.78 Å². The molecular weight excluding hydrogens is 280 g/mol. The van der Waals surface area contributed by atoms with Crippen molar-refractivity contribution in [2.45, 2.75) is 31.3 Å². The summed E-state index contributed by atoms with van der Waals surface area (Å²) in [5.41, 5.74) is 2.56. The van der Waals surface area contributed by atoms with Crippen LogP contribution in [0.4, 0.5) is 0 Å². The lowest BCUT2D eigenvalue weighted by Gasteiger charge is -2.14. The van der Waals surface area contributed by atoms with Crippen LogP contribution in [0.1, 0.15) is 27.6 Å². The van der Waals surface area contributed by atoms with E-state index in [-0.39, 0.29) is 11.9 Å². The number of hydrogen-bond acceptors (Lipinski definition) is 4. The van der Waals surface area contributed by atoms with Crippen LogP contribution < -0.4 is 4.74 Å². The molecule has 2 heterocycles. The van der Waals surface area contributed by atoms with Crippen molar-refractivity contribution in [3.8, 4) is 5.75 Å². The van der Waals surface area contributed by atoms with Gasteiger partial charge in [0, 0.05) is 0 Å². The van der Waals surface area contributed by atoms with Gasteiger partial charge in [0.15, 0.2) is 6.10 Å². The standard InChI is InChI=1S/C18H16O4/c1-10-7-8-12-13(9-10)21-17(14(12)19)15(20)18-16(22-18)11-5-3-2-4-6-11/h2-9,15-18,20H,1H3/t15?,16-,17?,18+/m0/s1. The number of ether oxygens (including phenoxy) is 2. The lowest BCUT2D eigenvalue weighted by Crippen LogP contribution is -2.38. The number of aliphatic hydroxyl groups is 1. The summed E-state index contributed by atoms with van der Waals surface area (Å²) in [5.74, 6) is 0.371. The summed E-state index contributed by atoms with van der Waals surface area (Å²) in [4.78, 5) is 12.4. The average molecular weight is 296 g/mol. The van der Waals surface area contributed by atoms with Gasteiger partial charge in [0.2, 0.25) is 5.78 Å². The number of fused-ring (bicyclic) bond motifs is 1. The SMILES string of the molecule is Cc1ccc2c(c1)OC(C(O)[C@H]1O[C@H]1c1ccccc1)C2=O. The topological polar surface area (TPSA) is 59.1 Å². The van der Waals surface area contributed by atoms with Gasteiger partial charge in [-0.05, 0) is 30.2 Å². The number of hydrogen-bond donors (Lipinski definition) is 1. The van der Waals surface area contributed by atoms with Crippen molar-refractivity contribution in [1.82, 2.24) is 0 Å². The lowest BCUT2D eigenvalue weighted by atomic mass is 9.99. The molecule has 4 rings (SSSR count). The van der Waals surface area contributed by atoms with E-state index < -0.39 is 18.3 Å². The summed E-state index contributed by atoms with van der Waals surface area (Å²) in [6.07, 6.45) is -2.41. The van der Waals surface area contributed by atoms with E-state index in [1.807, 2.05) is 49.4 Å². The van der Waals surface area contributed by atoms with E-state index in [0.717, 1.165) is 11.1 Å². The first kappa shape index (κ1) is 13.5. The lowest BCUT2D eigenvalue weighted by molar-refractivity contribution is 0.0281. The van der Waals surface area contributed by atoms with Crippen LogP contribution in [-0.4, -0.2) is 29.2 Å². The van der Waals surface area contributed by atoms with E-state index in [2.05, 4.69) is 0 Å². The number of aryl methyl sites for hydroxylation is 1. The molecule has 0 bridgehead atoms. The molecule has 112 valence electrons. The molecule has 1 N–H and O–H groups in total. The maximum absolute atomic E-state index is 12.4. The van der Waals surface area contributed by atoms with Crippen LogP contribution in [0.3, 0.4) is 0 Å². The molecule has 0 radical (unpaired) electrons. The quantitative estimate of drug-likeness (QED) is 0.884. The Kier molecular flexibility index (Phi) is 3.03. The average Bonchev–Trinajstić information content (AvgIpc) is 3.27.